The summed E-state index contributed by atoms with van der Waals surface area (Å²) in [6, 6.07) is -11.0. The predicted molar refractivity (Wildman–Crippen MR) is 446 cm³/mol. The normalized spacial score (nSPS) is 27.0. The van der Waals surface area contributed by atoms with Crippen LogP contribution in [0.1, 0.15) is 124 Å². The molecular formula is C80H110N20O21S2. The Morgan fingerprint density at radius 1 is 0.488 bits per heavy atom. The second kappa shape index (κ2) is 43.9. The highest BCUT2D eigenvalue weighted by molar-refractivity contribution is 8.76. The highest BCUT2D eigenvalue weighted by Crippen LogP contribution is 2.29. The minimum absolute atomic E-state index is 0.00286. The molecule has 668 valence electrons. The molecule has 9 rings (SSSR count). The molecule has 22 N–H and O–H groups in total. The fourth-order valence-corrected chi connectivity index (χ4v) is 17.3. The molecule has 0 radical (unpaired) electrons. The summed E-state index contributed by atoms with van der Waals surface area (Å²) in [7, 11) is 1.46. The van der Waals surface area contributed by atoms with Crippen molar-refractivity contribution in [1.82, 2.24) is 98.9 Å². The predicted octanol–water partition coefficient (Wildman–Crippen LogP) is -3.49. The third-order valence-corrected chi connectivity index (χ3v) is 23.8. The fraction of sp³-hybridized carbons (Fsp3) is 0.550. The number of para-hydroxylation sites is 2. The number of nitrogens with one attached hydrogen (secondary N) is 16. The molecule has 4 saturated heterocycles. The van der Waals surface area contributed by atoms with E-state index < -0.39 is 247 Å². The van der Waals surface area contributed by atoms with Crippen LogP contribution in [0.4, 0.5) is 0 Å². The minimum Gasteiger partial charge on any atom is -0.481 e. The number of rotatable bonds is 18. The molecule has 4 aliphatic heterocycles. The van der Waals surface area contributed by atoms with Gasteiger partial charge in [0, 0.05) is 102 Å². The Morgan fingerprint density at radius 3 is 1.48 bits per heavy atom. The number of aliphatic hydroxyl groups excluding tert-OH is 2. The van der Waals surface area contributed by atoms with E-state index in [9.17, 15) is 73.2 Å². The standard InChI is InChI=1S/C80H110N20O21S2/c1-37(2)22-51-67(108)85-32-61(103)87-50(19-20-62(104)105)68(109)89-52(23-38(3)4)73(114)96-64(39(5)6)77(118)92-54(25-43-30-84-49-17-12-10-15-47(43)49)70(111)94-58-35-123-122-34-57(95-72(113)56(28-63(106)107)91-76(117)60-26-44(81)33-100(60)79(120)59-18-13-21-99(59)80(121)66(41(8)102)98-75(58)116)74(115)97-65(40(7)101)78(119)93-53(24-42-29-83-48-16-11-9-14-46(42)48)69(110)90-55(71(112)88-51)27-45-31-82-36-86-45/h9-12,14-17,29-31,36-41,44,50-60,64-66,83-84,101-102H,13,18-28,32-35,81H2,1-8H3,(H,82,86)(H,85,108)(H,87,103)(H,88,112)(H,89,109)(H,90,110)(H,91,117)(H,92,118)(H,93,119)(H,94,111)(H,95,113)(H,96,114)(H,97,115)(H,98,116)(H,104,105)(H,106,107)/t40-,41-,44+,50+,51+,52+,53+,54+,55+,56+,57+,58+,59-,60+,64+,65+,66+/m1/s1. The number of carboxylic acids is 2. The molecule has 2 aromatic carbocycles. The zero-order chi connectivity index (χ0) is 89.8. The number of H-pyrrole nitrogens is 3. The van der Waals surface area contributed by atoms with Gasteiger partial charge >= 0.3 is 11.9 Å². The van der Waals surface area contributed by atoms with E-state index in [1.165, 1.54) is 19.4 Å². The second-order valence-corrected chi connectivity index (χ2v) is 35.0. The van der Waals surface area contributed by atoms with Gasteiger partial charge in [-0.1, -0.05) is 99.5 Å². The van der Waals surface area contributed by atoms with E-state index in [1.807, 2.05) is 0 Å². The molecule has 15 amide bonds. The third-order valence-electron chi connectivity index (χ3n) is 21.4. The summed E-state index contributed by atoms with van der Waals surface area (Å²) in [6.07, 6.45) is -1.59. The first-order valence-electron chi connectivity index (χ1n) is 40.7. The van der Waals surface area contributed by atoms with E-state index >= 15 is 28.8 Å². The first-order chi connectivity index (χ1) is 58.3. The van der Waals surface area contributed by atoms with Crippen molar-refractivity contribution in [3.05, 3.63) is 90.3 Å². The van der Waals surface area contributed by atoms with Crippen LogP contribution >= 0.6 is 21.6 Å². The second-order valence-electron chi connectivity index (χ2n) is 32.5. The number of hydrogen-bond donors (Lipinski definition) is 21. The number of aromatic amines is 3. The zero-order valence-electron chi connectivity index (χ0n) is 69.3. The van der Waals surface area contributed by atoms with Gasteiger partial charge in [-0.2, -0.15) is 0 Å². The van der Waals surface area contributed by atoms with Crippen LogP contribution in [0.2, 0.25) is 0 Å². The van der Waals surface area contributed by atoms with Gasteiger partial charge in [-0.15, -0.1) is 0 Å². The summed E-state index contributed by atoms with van der Waals surface area (Å²) >= 11 is 0. The maximum atomic E-state index is 15.5. The average Bonchev–Trinajstić information content (AvgIpc) is 1.66. The number of amides is 15. The Hall–Kier alpha value is -11.7. The van der Waals surface area contributed by atoms with Crippen molar-refractivity contribution in [3.8, 4) is 0 Å². The number of hydrogen-bond acceptors (Lipinski definition) is 23. The summed E-state index contributed by atoms with van der Waals surface area (Å²) in [5.74, 6) is -21.7. The lowest BCUT2D eigenvalue weighted by molar-refractivity contribution is -0.149. The molecule has 3 aromatic heterocycles. The fourth-order valence-electron chi connectivity index (χ4n) is 15.0. The van der Waals surface area contributed by atoms with E-state index in [1.54, 1.807) is 102 Å². The smallest absolute Gasteiger partial charge is 0.305 e. The summed E-state index contributed by atoms with van der Waals surface area (Å²) in [4.78, 5) is 264. The van der Waals surface area contributed by atoms with Gasteiger partial charge in [0.05, 0.1) is 31.5 Å². The van der Waals surface area contributed by atoms with Crippen LogP contribution in [-0.4, -0.2) is 285 Å². The Labute approximate surface area is 715 Å². The summed E-state index contributed by atoms with van der Waals surface area (Å²) in [5.41, 5.74) is 8.74. The monoisotopic (exact) mass is 1750 g/mol. The zero-order valence-corrected chi connectivity index (χ0v) is 70.9. The number of nitrogens with two attached hydrogens (primary N) is 1. The van der Waals surface area contributed by atoms with Gasteiger partial charge in [0.15, 0.2) is 0 Å². The molecule has 0 unspecified atom stereocenters. The highest BCUT2D eigenvalue weighted by Gasteiger charge is 2.48. The van der Waals surface area contributed by atoms with Crippen LogP contribution in [0, 0.1) is 17.8 Å². The molecule has 2 bridgehead atoms. The number of carbonyl (C=O) groups excluding carboxylic acids is 15. The molecule has 123 heavy (non-hydrogen) atoms. The van der Waals surface area contributed by atoms with Crippen molar-refractivity contribution in [2.75, 3.05) is 31.1 Å². The summed E-state index contributed by atoms with van der Waals surface area (Å²) < 4.78 is 0. The Bertz CT molecular complexity index is 4690. The van der Waals surface area contributed by atoms with Crippen LogP contribution in [-0.2, 0) is 101 Å². The van der Waals surface area contributed by atoms with Crippen molar-refractivity contribution in [3.63, 3.8) is 0 Å². The van der Waals surface area contributed by atoms with Crippen molar-refractivity contribution < 1.29 is 102 Å². The molecule has 5 aromatic rings. The van der Waals surface area contributed by atoms with Crippen molar-refractivity contribution >= 4 is 144 Å². The largest absolute Gasteiger partial charge is 0.481 e. The molecular weight excluding hydrogens is 1640 g/mol. The maximum absolute atomic E-state index is 15.5. The minimum atomic E-state index is -2.08. The molecule has 41 nitrogen and oxygen atoms in total. The number of aromatic nitrogens is 4. The van der Waals surface area contributed by atoms with Crippen LogP contribution < -0.4 is 74.9 Å². The number of fused-ring (bicyclic) bond motifs is 9. The van der Waals surface area contributed by atoms with Gasteiger partial charge in [0.25, 0.3) is 0 Å². The molecule has 0 spiro atoms. The molecule has 4 aliphatic rings. The van der Waals surface area contributed by atoms with Gasteiger partial charge in [0.2, 0.25) is 88.6 Å². The number of aliphatic carboxylic acids is 2. The van der Waals surface area contributed by atoms with Crippen molar-refractivity contribution in [1.29, 1.82) is 0 Å². The lowest BCUT2D eigenvalue weighted by atomic mass is 9.98. The van der Waals surface area contributed by atoms with Crippen LogP contribution in [0.3, 0.4) is 0 Å². The molecule has 0 saturated carbocycles. The molecule has 17 atom stereocenters. The Balaban J connectivity index is 1.16. The van der Waals surface area contributed by atoms with E-state index in [2.05, 4.69) is 89.1 Å². The lowest BCUT2D eigenvalue weighted by Gasteiger charge is -2.34. The van der Waals surface area contributed by atoms with E-state index in [0.29, 0.717) is 32.9 Å². The number of aliphatic hydroxyl groups is 2. The quantitative estimate of drug-likeness (QED) is 0.0379. The summed E-state index contributed by atoms with van der Waals surface area (Å²) in [5, 5.41) is 77.7. The highest BCUT2D eigenvalue weighted by atomic mass is 33.1. The van der Waals surface area contributed by atoms with Crippen LogP contribution in [0.15, 0.2) is 73.4 Å². The van der Waals surface area contributed by atoms with E-state index in [4.69, 9.17) is 5.73 Å². The van der Waals surface area contributed by atoms with Gasteiger partial charge in [-0.25, -0.2) is 4.98 Å². The first kappa shape index (κ1) is 95.1. The van der Waals surface area contributed by atoms with Crippen molar-refractivity contribution in [2.24, 2.45) is 23.5 Å². The molecule has 43 heteroatoms. The van der Waals surface area contributed by atoms with Crippen LogP contribution in [0.5, 0.6) is 0 Å². The molecule has 0 aliphatic carbocycles. The van der Waals surface area contributed by atoms with Gasteiger partial charge < -0.3 is 120 Å². The van der Waals surface area contributed by atoms with Gasteiger partial charge in [0.1, 0.15) is 84.6 Å². The topological polar surface area (TPSA) is 620 Å². The SMILES string of the molecule is CC(C)C[C@@H]1NC(=O)[C@H](Cc2cnc[nH]2)NC(=O)[C@H](Cc2c[nH]c3ccccc23)NC(=O)[C@H]([C@@H](C)O)NC(=O)[C@@H]2CSSC[C@H](NC(=O)[C@H](Cc3c[nH]c4ccccc34)NC(=O)[C@H](C(C)C)NC(=O)[C@H](CC(C)C)NC(=O)[C@H](CCC(=O)O)NC(=O)CNC1=O)C(=O)N[C@@H]([C@@H](C)O)C(=O)N1CCC[C@@H]1C(=O)N1C[C@@H](N)C[C@H]1C(=O)N[C@@H](CC(=O)O)C(=O)N2. The average molecular weight is 1750 g/mol. The van der Waals surface area contributed by atoms with E-state index in [0.717, 1.165) is 38.3 Å². The Morgan fingerprint density at radius 2 is 0.959 bits per heavy atom. The van der Waals surface area contributed by atoms with Gasteiger partial charge in [-0.05, 0) is 93.4 Å². The number of carboxylic acid groups (broad SMARTS) is 2. The van der Waals surface area contributed by atoms with Crippen molar-refractivity contribution in [2.45, 2.75) is 229 Å². The molecule has 4 fully saturated rings. The van der Waals surface area contributed by atoms with Gasteiger partial charge in [-0.3, -0.25) is 81.5 Å². The lowest BCUT2D eigenvalue weighted by Crippen LogP contribution is -2.63. The molecule has 7 heterocycles. The maximum Gasteiger partial charge on any atom is 0.305 e. The number of benzene rings is 2. The number of carbonyl (C=O) groups is 17. The number of imidazole rings is 1. The van der Waals surface area contributed by atoms with Crippen LogP contribution in [0.25, 0.3) is 21.8 Å². The Kier molecular flexibility index (Phi) is 33.9. The first-order valence-corrected chi connectivity index (χ1v) is 43.2. The number of nitrogens with zero attached hydrogens (tertiary/aromatic N) is 3. The summed E-state index contributed by atoms with van der Waals surface area (Å²) in [6.45, 7) is 11.0. The van der Waals surface area contributed by atoms with E-state index in [-0.39, 0.29) is 82.0 Å². The third kappa shape index (κ3) is 26.2.